The minimum absolute atomic E-state index is 0.213. The number of aromatic nitrogens is 1. The lowest BCUT2D eigenvalue weighted by molar-refractivity contribution is 0.0696. The van der Waals surface area contributed by atoms with Crippen LogP contribution in [0.15, 0.2) is 31.0 Å². The summed E-state index contributed by atoms with van der Waals surface area (Å²) >= 11 is 0. The molecule has 0 spiro atoms. The lowest BCUT2D eigenvalue weighted by Gasteiger charge is -2.02. The number of nitrogens with one attached hydrogen (secondary N) is 1. The summed E-state index contributed by atoms with van der Waals surface area (Å²) in [6.45, 7) is 5.11. The van der Waals surface area contributed by atoms with Gasteiger partial charge in [0.2, 0.25) is 0 Å². The predicted octanol–water partition coefficient (Wildman–Crippen LogP) is 1.45. The fourth-order valence-corrected chi connectivity index (χ4v) is 1.08. The molecule has 1 rings (SSSR count). The molecular weight excluding hydrogens is 192 g/mol. The van der Waals surface area contributed by atoms with E-state index in [-0.39, 0.29) is 5.56 Å². The van der Waals surface area contributed by atoms with Crippen molar-refractivity contribution < 1.29 is 9.90 Å². The Morgan fingerprint density at radius 2 is 2.40 bits per heavy atom. The zero-order valence-corrected chi connectivity index (χ0v) is 8.44. The highest BCUT2D eigenvalue weighted by molar-refractivity contribution is 5.87. The summed E-state index contributed by atoms with van der Waals surface area (Å²) in [5.74, 6) is -0.950. The summed E-state index contributed by atoms with van der Waals surface area (Å²) in [4.78, 5) is 14.6. The van der Waals surface area contributed by atoms with Crippen LogP contribution in [-0.2, 0) is 6.54 Å². The maximum Gasteiger partial charge on any atom is 0.337 e. The smallest absolute Gasteiger partial charge is 0.337 e. The number of rotatable bonds is 6. The second-order valence-corrected chi connectivity index (χ2v) is 3.10. The van der Waals surface area contributed by atoms with Gasteiger partial charge in [-0.05, 0) is 25.1 Å². The standard InChI is InChI=1S/C11H14N2O2/c1-2-3-6-12-8-10-5-4-9(7-13-10)11(14)15/h2,4-5,7,12H,1,3,6,8H2,(H,14,15). The molecule has 0 amide bonds. The molecule has 0 saturated heterocycles. The summed E-state index contributed by atoms with van der Waals surface area (Å²) in [6, 6.07) is 3.27. The van der Waals surface area contributed by atoms with Crippen molar-refractivity contribution in [3.8, 4) is 0 Å². The Kier molecular flexibility index (Phi) is 4.50. The Morgan fingerprint density at radius 3 is 2.93 bits per heavy atom. The second-order valence-electron chi connectivity index (χ2n) is 3.10. The van der Waals surface area contributed by atoms with Crippen molar-refractivity contribution >= 4 is 5.97 Å². The number of nitrogens with zero attached hydrogens (tertiary/aromatic N) is 1. The van der Waals surface area contributed by atoms with E-state index in [4.69, 9.17) is 5.11 Å². The largest absolute Gasteiger partial charge is 0.478 e. The molecule has 4 heteroatoms. The van der Waals surface area contributed by atoms with Crippen LogP contribution in [0.5, 0.6) is 0 Å². The van der Waals surface area contributed by atoms with Crippen molar-refractivity contribution in [3.05, 3.63) is 42.2 Å². The van der Waals surface area contributed by atoms with Gasteiger partial charge in [-0.15, -0.1) is 6.58 Å². The molecule has 0 fully saturated rings. The van der Waals surface area contributed by atoms with Crippen LogP contribution < -0.4 is 5.32 Å². The molecule has 80 valence electrons. The van der Waals surface area contributed by atoms with E-state index in [9.17, 15) is 4.79 Å². The summed E-state index contributed by atoms with van der Waals surface area (Å²) in [7, 11) is 0. The van der Waals surface area contributed by atoms with Crippen molar-refractivity contribution in [2.24, 2.45) is 0 Å². The van der Waals surface area contributed by atoms with Gasteiger partial charge in [-0.3, -0.25) is 4.98 Å². The highest BCUT2D eigenvalue weighted by atomic mass is 16.4. The maximum atomic E-state index is 10.5. The van der Waals surface area contributed by atoms with E-state index in [1.165, 1.54) is 6.20 Å². The number of hydrogen-bond donors (Lipinski definition) is 2. The number of carboxylic acid groups (broad SMARTS) is 1. The Hall–Kier alpha value is -1.68. The summed E-state index contributed by atoms with van der Waals surface area (Å²) < 4.78 is 0. The number of carboxylic acids is 1. The SMILES string of the molecule is C=CCCNCc1ccc(C(=O)O)cn1. The quantitative estimate of drug-likeness (QED) is 0.546. The molecule has 2 N–H and O–H groups in total. The highest BCUT2D eigenvalue weighted by Crippen LogP contribution is 1.99. The summed E-state index contributed by atoms with van der Waals surface area (Å²) in [5, 5.41) is 11.8. The zero-order chi connectivity index (χ0) is 11.1. The van der Waals surface area contributed by atoms with Gasteiger partial charge >= 0.3 is 5.97 Å². The molecule has 1 aromatic rings. The molecular formula is C11H14N2O2. The topological polar surface area (TPSA) is 62.2 Å². The lowest BCUT2D eigenvalue weighted by Crippen LogP contribution is -2.15. The third-order valence-corrected chi connectivity index (χ3v) is 1.90. The number of aromatic carboxylic acids is 1. The van der Waals surface area contributed by atoms with Gasteiger partial charge in [0.15, 0.2) is 0 Å². The molecule has 0 unspecified atom stereocenters. The maximum absolute atomic E-state index is 10.5. The van der Waals surface area contributed by atoms with Crippen LogP contribution in [-0.4, -0.2) is 22.6 Å². The monoisotopic (exact) mass is 206 g/mol. The predicted molar refractivity (Wildman–Crippen MR) is 57.7 cm³/mol. The Morgan fingerprint density at radius 1 is 1.60 bits per heavy atom. The van der Waals surface area contributed by atoms with Gasteiger partial charge in [0.25, 0.3) is 0 Å². The van der Waals surface area contributed by atoms with Crippen LogP contribution >= 0.6 is 0 Å². The van der Waals surface area contributed by atoms with Crippen LogP contribution in [0.2, 0.25) is 0 Å². The van der Waals surface area contributed by atoms with E-state index < -0.39 is 5.97 Å². The first-order valence-electron chi connectivity index (χ1n) is 4.74. The first kappa shape index (κ1) is 11.4. The molecule has 0 aliphatic carbocycles. The summed E-state index contributed by atoms with van der Waals surface area (Å²) in [5.41, 5.74) is 1.05. The Labute approximate surface area is 88.7 Å². The molecule has 0 bridgehead atoms. The second kappa shape index (κ2) is 5.93. The van der Waals surface area contributed by atoms with E-state index in [1.54, 1.807) is 12.1 Å². The van der Waals surface area contributed by atoms with E-state index >= 15 is 0 Å². The van der Waals surface area contributed by atoms with E-state index in [0.717, 1.165) is 18.7 Å². The number of hydrogen-bond acceptors (Lipinski definition) is 3. The van der Waals surface area contributed by atoms with Gasteiger partial charge in [-0.25, -0.2) is 4.79 Å². The van der Waals surface area contributed by atoms with Crippen molar-refractivity contribution in [2.75, 3.05) is 6.54 Å². The van der Waals surface area contributed by atoms with Crippen LogP contribution in [0.4, 0.5) is 0 Å². The molecule has 1 heterocycles. The van der Waals surface area contributed by atoms with Gasteiger partial charge in [-0.2, -0.15) is 0 Å². The summed E-state index contributed by atoms with van der Waals surface area (Å²) in [6.07, 6.45) is 4.12. The van der Waals surface area contributed by atoms with E-state index in [0.29, 0.717) is 6.54 Å². The molecule has 4 nitrogen and oxygen atoms in total. The van der Waals surface area contributed by atoms with Gasteiger partial charge in [0.05, 0.1) is 11.3 Å². The minimum atomic E-state index is -0.950. The Balaban J connectivity index is 2.42. The molecule has 0 atom stereocenters. The molecule has 0 saturated carbocycles. The first-order valence-corrected chi connectivity index (χ1v) is 4.74. The zero-order valence-electron chi connectivity index (χ0n) is 8.44. The van der Waals surface area contributed by atoms with Crippen molar-refractivity contribution in [3.63, 3.8) is 0 Å². The molecule has 0 aromatic carbocycles. The van der Waals surface area contributed by atoms with Gasteiger partial charge < -0.3 is 10.4 Å². The van der Waals surface area contributed by atoms with Gasteiger partial charge in [-0.1, -0.05) is 6.08 Å². The van der Waals surface area contributed by atoms with Crippen LogP contribution in [0, 0.1) is 0 Å². The molecule has 0 radical (unpaired) electrons. The average molecular weight is 206 g/mol. The normalized spacial score (nSPS) is 9.87. The van der Waals surface area contributed by atoms with Gasteiger partial charge in [0.1, 0.15) is 0 Å². The highest BCUT2D eigenvalue weighted by Gasteiger charge is 2.02. The van der Waals surface area contributed by atoms with Crippen molar-refractivity contribution in [1.82, 2.24) is 10.3 Å². The molecule has 0 aliphatic rings. The van der Waals surface area contributed by atoms with E-state index in [2.05, 4.69) is 16.9 Å². The third-order valence-electron chi connectivity index (χ3n) is 1.90. The first-order chi connectivity index (χ1) is 7.24. The van der Waals surface area contributed by atoms with Crippen molar-refractivity contribution in [1.29, 1.82) is 0 Å². The lowest BCUT2D eigenvalue weighted by atomic mass is 10.2. The molecule has 15 heavy (non-hydrogen) atoms. The fourth-order valence-electron chi connectivity index (χ4n) is 1.08. The van der Waals surface area contributed by atoms with Crippen molar-refractivity contribution in [2.45, 2.75) is 13.0 Å². The van der Waals surface area contributed by atoms with Crippen LogP contribution in [0.1, 0.15) is 22.5 Å². The number of pyridine rings is 1. The molecule has 1 aromatic heterocycles. The van der Waals surface area contributed by atoms with Crippen LogP contribution in [0.25, 0.3) is 0 Å². The fraction of sp³-hybridized carbons (Fsp3) is 0.273. The van der Waals surface area contributed by atoms with Crippen LogP contribution in [0.3, 0.4) is 0 Å². The molecule has 0 aliphatic heterocycles. The number of carbonyl (C=O) groups is 1. The van der Waals surface area contributed by atoms with Gasteiger partial charge in [0, 0.05) is 12.7 Å². The Bertz CT molecular complexity index is 333. The third kappa shape index (κ3) is 3.91. The van der Waals surface area contributed by atoms with E-state index in [1.807, 2.05) is 6.08 Å². The average Bonchev–Trinajstić information content (AvgIpc) is 2.25. The minimum Gasteiger partial charge on any atom is -0.478 e.